The molecule has 0 saturated heterocycles. The van der Waals surface area contributed by atoms with Crippen LogP contribution in [0.15, 0.2) is 24.4 Å². The third-order valence-electron chi connectivity index (χ3n) is 2.58. The van der Waals surface area contributed by atoms with Crippen LogP contribution >= 0.6 is 11.3 Å². The number of hydrogen-bond donors (Lipinski definition) is 3. The number of carbonyl (C=O) groups is 1. The number of rotatable bonds is 5. The maximum Gasteiger partial charge on any atom is 0.321 e. The Morgan fingerprint density at radius 2 is 2.30 bits per heavy atom. The molecule has 1 unspecified atom stereocenters. The van der Waals surface area contributed by atoms with Gasteiger partial charge in [-0.3, -0.25) is 10.3 Å². The SMILES string of the molecule is CCC(CO)NC(=O)Nc1nnc(-c2ccccn2)s1. The number of carbonyl (C=O) groups excluding carboxylic acids is 1. The van der Waals surface area contributed by atoms with Crippen LogP contribution in [0.3, 0.4) is 0 Å². The van der Waals surface area contributed by atoms with E-state index < -0.39 is 6.03 Å². The Morgan fingerprint density at radius 3 is 2.95 bits per heavy atom. The lowest BCUT2D eigenvalue weighted by Gasteiger charge is -2.13. The van der Waals surface area contributed by atoms with Crippen LogP contribution in [-0.2, 0) is 0 Å². The van der Waals surface area contributed by atoms with Gasteiger partial charge in [0.1, 0.15) is 5.69 Å². The predicted molar refractivity (Wildman–Crippen MR) is 76.5 cm³/mol. The third kappa shape index (κ3) is 3.72. The summed E-state index contributed by atoms with van der Waals surface area (Å²) in [5, 5.41) is 23.1. The molecule has 2 heterocycles. The summed E-state index contributed by atoms with van der Waals surface area (Å²) < 4.78 is 0. The fourth-order valence-electron chi connectivity index (χ4n) is 1.46. The molecule has 2 aromatic heterocycles. The van der Waals surface area contributed by atoms with Crippen molar-refractivity contribution in [3.05, 3.63) is 24.4 Å². The first-order valence-electron chi connectivity index (χ1n) is 6.16. The number of urea groups is 1. The molecule has 0 aliphatic heterocycles. The molecule has 0 radical (unpaired) electrons. The van der Waals surface area contributed by atoms with Gasteiger partial charge in [0.15, 0.2) is 5.01 Å². The molecule has 0 spiro atoms. The zero-order chi connectivity index (χ0) is 14.4. The van der Waals surface area contributed by atoms with Crippen molar-refractivity contribution in [2.45, 2.75) is 19.4 Å². The van der Waals surface area contributed by atoms with Gasteiger partial charge in [0.2, 0.25) is 5.13 Å². The van der Waals surface area contributed by atoms with Crippen molar-refractivity contribution in [2.24, 2.45) is 0 Å². The van der Waals surface area contributed by atoms with Crippen molar-refractivity contribution in [1.82, 2.24) is 20.5 Å². The molecule has 8 heteroatoms. The average molecular weight is 293 g/mol. The molecule has 1 atom stereocenters. The van der Waals surface area contributed by atoms with Crippen LogP contribution in [0.5, 0.6) is 0 Å². The zero-order valence-electron chi connectivity index (χ0n) is 10.9. The Kier molecular flexibility index (Phi) is 4.97. The van der Waals surface area contributed by atoms with E-state index in [1.807, 2.05) is 25.1 Å². The highest BCUT2D eigenvalue weighted by Gasteiger charge is 2.12. The molecular weight excluding hydrogens is 278 g/mol. The number of aromatic nitrogens is 3. The highest BCUT2D eigenvalue weighted by atomic mass is 32.1. The van der Waals surface area contributed by atoms with Crippen LogP contribution in [0.25, 0.3) is 10.7 Å². The molecule has 0 aliphatic carbocycles. The Hall–Kier alpha value is -2.06. The monoisotopic (exact) mass is 293 g/mol. The van der Waals surface area contributed by atoms with Crippen molar-refractivity contribution < 1.29 is 9.90 Å². The largest absolute Gasteiger partial charge is 0.394 e. The first-order chi connectivity index (χ1) is 9.72. The quantitative estimate of drug-likeness (QED) is 0.775. The summed E-state index contributed by atoms with van der Waals surface area (Å²) in [6.07, 6.45) is 2.32. The molecule has 0 fully saturated rings. The highest BCUT2D eigenvalue weighted by Crippen LogP contribution is 2.24. The van der Waals surface area contributed by atoms with Crippen LogP contribution in [-0.4, -0.2) is 39.0 Å². The summed E-state index contributed by atoms with van der Waals surface area (Å²) in [5.41, 5.74) is 0.709. The van der Waals surface area contributed by atoms with Crippen LogP contribution in [0, 0.1) is 0 Å². The second-order valence-electron chi connectivity index (χ2n) is 4.01. The van der Waals surface area contributed by atoms with Gasteiger partial charge in [-0.15, -0.1) is 10.2 Å². The zero-order valence-corrected chi connectivity index (χ0v) is 11.7. The molecule has 2 rings (SSSR count). The molecule has 106 valence electrons. The summed E-state index contributed by atoms with van der Waals surface area (Å²) in [6, 6.07) is 4.82. The third-order valence-corrected chi connectivity index (χ3v) is 3.44. The topological polar surface area (TPSA) is 100 Å². The smallest absolute Gasteiger partial charge is 0.321 e. The molecule has 0 bridgehead atoms. The molecule has 0 saturated carbocycles. The molecule has 7 nitrogen and oxygen atoms in total. The van der Waals surface area contributed by atoms with Crippen LogP contribution in [0.4, 0.5) is 9.93 Å². The van der Waals surface area contributed by atoms with Gasteiger partial charge in [-0.25, -0.2) is 4.79 Å². The van der Waals surface area contributed by atoms with E-state index in [9.17, 15) is 4.79 Å². The fraction of sp³-hybridized carbons (Fsp3) is 0.333. The summed E-state index contributed by atoms with van der Waals surface area (Å²) in [7, 11) is 0. The Labute approximate surface area is 120 Å². The van der Waals surface area contributed by atoms with E-state index in [1.165, 1.54) is 11.3 Å². The number of aliphatic hydroxyl groups is 1. The number of nitrogens with one attached hydrogen (secondary N) is 2. The lowest BCUT2D eigenvalue weighted by Crippen LogP contribution is -2.39. The van der Waals surface area contributed by atoms with Crippen molar-refractivity contribution in [3.8, 4) is 10.7 Å². The van der Waals surface area contributed by atoms with E-state index >= 15 is 0 Å². The minimum absolute atomic E-state index is 0.0980. The number of aliphatic hydroxyl groups excluding tert-OH is 1. The molecule has 0 aliphatic rings. The Balaban J connectivity index is 1.98. The first kappa shape index (κ1) is 14.4. The molecule has 2 aromatic rings. The molecule has 20 heavy (non-hydrogen) atoms. The number of anilines is 1. The van der Waals surface area contributed by atoms with Gasteiger partial charge in [0.05, 0.1) is 12.6 Å². The Bertz CT molecular complexity index is 556. The summed E-state index contributed by atoms with van der Waals surface area (Å²) in [4.78, 5) is 15.8. The summed E-state index contributed by atoms with van der Waals surface area (Å²) in [5.74, 6) is 0. The standard InChI is InChI=1S/C12H15N5O2S/c1-2-8(7-18)14-11(19)15-12-17-16-10(20-12)9-5-3-4-6-13-9/h3-6,8,18H,2,7H2,1H3,(H2,14,15,17,19). The van der Waals surface area contributed by atoms with E-state index in [4.69, 9.17) is 5.11 Å². The molecule has 3 N–H and O–H groups in total. The van der Waals surface area contributed by atoms with Crippen molar-refractivity contribution in [3.63, 3.8) is 0 Å². The summed E-state index contributed by atoms with van der Waals surface area (Å²) in [6.45, 7) is 1.78. The van der Waals surface area contributed by atoms with E-state index in [-0.39, 0.29) is 12.6 Å². The maximum absolute atomic E-state index is 11.7. The predicted octanol–water partition coefficient (Wildman–Crippen LogP) is 1.49. The minimum Gasteiger partial charge on any atom is -0.394 e. The van der Waals surface area contributed by atoms with E-state index in [2.05, 4.69) is 25.8 Å². The number of amides is 2. The normalized spacial score (nSPS) is 11.9. The molecule has 0 aromatic carbocycles. The van der Waals surface area contributed by atoms with Gasteiger partial charge >= 0.3 is 6.03 Å². The Morgan fingerprint density at radius 1 is 1.45 bits per heavy atom. The fourth-order valence-corrected chi connectivity index (χ4v) is 2.18. The van der Waals surface area contributed by atoms with E-state index in [1.54, 1.807) is 6.20 Å². The lowest BCUT2D eigenvalue weighted by atomic mass is 10.2. The van der Waals surface area contributed by atoms with Crippen LogP contribution in [0.2, 0.25) is 0 Å². The second kappa shape index (κ2) is 6.92. The van der Waals surface area contributed by atoms with Crippen molar-refractivity contribution >= 4 is 22.5 Å². The second-order valence-corrected chi connectivity index (χ2v) is 4.99. The van der Waals surface area contributed by atoms with E-state index in [0.717, 1.165) is 0 Å². The maximum atomic E-state index is 11.7. The first-order valence-corrected chi connectivity index (χ1v) is 6.98. The minimum atomic E-state index is -0.408. The van der Waals surface area contributed by atoms with Gasteiger partial charge in [-0.05, 0) is 18.6 Å². The van der Waals surface area contributed by atoms with Gasteiger partial charge in [0.25, 0.3) is 0 Å². The van der Waals surface area contributed by atoms with Crippen LogP contribution in [0.1, 0.15) is 13.3 Å². The molecule has 2 amide bonds. The van der Waals surface area contributed by atoms with Gasteiger partial charge in [-0.1, -0.05) is 24.3 Å². The summed E-state index contributed by atoms with van der Waals surface area (Å²) >= 11 is 1.24. The van der Waals surface area contributed by atoms with Gasteiger partial charge in [0, 0.05) is 6.20 Å². The van der Waals surface area contributed by atoms with E-state index in [0.29, 0.717) is 22.3 Å². The molecular formula is C12H15N5O2S. The number of nitrogens with zero attached hydrogens (tertiary/aromatic N) is 3. The van der Waals surface area contributed by atoms with Gasteiger partial charge in [-0.2, -0.15) is 0 Å². The highest BCUT2D eigenvalue weighted by molar-refractivity contribution is 7.18. The average Bonchev–Trinajstić information content (AvgIpc) is 2.94. The van der Waals surface area contributed by atoms with Gasteiger partial charge < -0.3 is 10.4 Å². The lowest BCUT2D eigenvalue weighted by molar-refractivity contribution is 0.222. The number of hydrogen-bond acceptors (Lipinski definition) is 6. The number of pyridine rings is 1. The van der Waals surface area contributed by atoms with Crippen molar-refractivity contribution in [2.75, 3.05) is 11.9 Å². The van der Waals surface area contributed by atoms with Crippen molar-refractivity contribution in [1.29, 1.82) is 0 Å². The van der Waals surface area contributed by atoms with Crippen LogP contribution < -0.4 is 10.6 Å².